The van der Waals surface area contributed by atoms with E-state index in [-0.39, 0.29) is 6.42 Å². The summed E-state index contributed by atoms with van der Waals surface area (Å²) in [6, 6.07) is 3.86. The van der Waals surface area contributed by atoms with Gasteiger partial charge in [-0.2, -0.15) is 5.10 Å². The zero-order valence-corrected chi connectivity index (χ0v) is 8.03. The predicted molar refractivity (Wildman–Crippen MR) is 53.5 cm³/mol. The molecule has 78 valence electrons. The molecule has 0 aliphatic carbocycles. The third-order valence-electron chi connectivity index (χ3n) is 2.18. The Morgan fingerprint density at radius 2 is 2.40 bits per heavy atom. The molecule has 2 heterocycles. The number of carbonyl (C=O) groups is 1. The quantitative estimate of drug-likeness (QED) is 0.695. The Bertz CT molecular complexity index is 445. The van der Waals surface area contributed by atoms with Crippen molar-refractivity contribution >= 4 is 5.97 Å². The van der Waals surface area contributed by atoms with Crippen LogP contribution in [0.1, 0.15) is 17.0 Å². The van der Waals surface area contributed by atoms with E-state index >= 15 is 0 Å². The van der Waals surface area contributed by atoms with Crippen molar-refractivity contribution in [2.24, 2.45) is 0 Å². The van der Waals surface area contributed by atoms with E-state index in [1.54, 1.807) is 6.20 Å². The lowest BCUT2D eigenvalue weighted by molar-refractivity contribution is -0.136. The Labute approximate surface area is 86.1 Å². The molecule has 0 amide bonds. The van der Waals surface area contributed by atoms with E-state index in [2.05, 4.69) is 15.2 Å². The lowest BCUT2D eigenvalue weighted by Crippen LogP contribution is -2.03. The van der Waals surface area contributed by atoms with Gasteiger partial charge in [-0.15, -0.1) is 0 Å². The summed E-state index contributed by atoms with van der Waals surface area (Å²) in [7, 11) is 0. The van der Waals surface area contributed by atoms with Crippen LogP contribution >= 0.6 is 0 Å². The van der Waals surface area contributed by atoms with Crippen molar-refractivity contribution in [3.8, 4) is 0 Å². The zero-order valence-electron chi connectivity index (χ0n) is 8.03. The first-order valence-electron chi connectivity index (χ1n) is 4.61. The summed E-state index contributed by atoms with van der Waals surface area (Å²) < 4.78 is 0. The molecule has 0 atom stereocenters. The Morgan fingerprint density at radius 3 is 3.07 bits per heavy atom. The summed E-state index contributed by atoms with van der Waals surface area (Å²) >= 11 is 0. The van der Waals surface area contributed by atoms with Crippen LogP contribution in [0.5, 0.6) is 0 Å². The number of nitrogens with one attached hydrogen (secondary N) is 2. The average Bonchev–Trinajstić information content (AvgIpc) is 2.78. The first-order valence-corrected chi connectivity index (χ1v) is 4.61. The summed E-state index contributed by atoms with van der Waals surface area (Å²) in [5.74, 6) is -0.855. The van der Waals surface area contributed by atoms with E-state index in [0.29, 0.717) is 12.1 Å². The van der Waals surface area contributed by atoms with Gasteiger partial charge in [-0.3, -0.25) is 9.89 Å². The predicted octanol–water partition coefficient (Wildman–Crippen LogP) is 0.956. The van der Waals surface area contributed by atoms with Crippen LogP contribution in [0.3, 0.4) is 0 Å². The van der Waals surface area contributed by atoms with Crippen LogP contribution in [0.25, 0.3) is 0 Å². The van der Waals surface area contributed by atoms with E-state index in [1.807, 2.05) is 18.3 Å². The van der Waals surface area contributed by atoms with Gasteiger partial charge in [-0.25, -0.2) is 0 Å². The lowest BCUT2D eigenvalue weighted by Gasteiger charge is -1.98. The van der Waals surface area contributed by atoms with Gasteiger partial charge in [-0.1, -0.05) is 0 Å². The maximum Gasteiger partial charge on any atom is 0.309 e. The van der Waals surface area contributed by atoms with Gasteiger partial charge in [0.05, 0.1) is 12.6 Å². The normalized spacial score (nSPS) is 10.4. The molecule has 0 saturated heterocycles. The maximum atomic E-state index is 10.6. The fraction of sp³-hybridized carbons (Fsp3) is 0.200. The van der Waals surface area contributed by atoms with Crippen molar-refractivity contribution in [3.63, 3.8) is 0 Å². The minimum atomic E-state index is -0.855. The molecule has 2 rings (SSSR count). The highest BCUT2D eigenvalue weighted by molar-refractivity contribution is 5.70. The van der Waals surface area contributed by atoms with Gasteiger partial charge in [0.25, 0.3) is 0 Å². The van der Waals surface area contributed by atoms with Crippen LogP contribution < -0.4 is 0 Å². The lowest BCUT2D eigenvalue weighted by atomic mass is 10.1. The first-order chi connectivity index (χ1) is 7.25. The first kappa shape index (κ1) is 9.51. The van der Waals surface area contributed by atoms with Gasteiger partial charge >= 0.3 is 5.97 Å². The van der Waals surface area contributed by atoms with E-state index in [1.165, 1.54) is 0 Å². The Kier molecular flexibility index (Phi) is 2.53. The van der Waals surface area contributed by atoms with Crippen molar-refractivity contribution < 1.29 is 9.90 Å². The average molecular weight is 205 g/mol. The molecule has 0 unspecified atom stereocenters. The van der Waals surface area contributed by atoms with Crippen molar-refractivity contribution in [1.29, 1.82) is 0 Å². The number of H-pyrrole nitrogens is 2. The van der Waals surface area contributed by atoms with E-state index in [4.69, 9.17) is 5.11 Å². The molecule has 0 saturated carbocycles. The summed E-state index contributed by atoms with van der Waals surface area (Å²) in [6.45, 7) is 0. The van der Waals surface area contributed by atoms with Crippen LogP contribution in [-0.4, -0.2) is 26.3 Å². The Hall–Kier alpha value is -2.04. The van der Waals surface area contributed by atoms with E-state index < -0.39 is 5.97 Å². The molecule has 2 aromatic heterocycles. The largest absolute Gasteiger partial charge is 0.481 e. The topological polar surface area (TPSA) is 81.8 Å². The minimum absolute atomic E-state index is 0.0178. The summed E-state index contributed by atoms with van der Waals surface area (Å²) in [4.78, 5) is 13.6. The highest BCUT2D eigenvalue weighted by Crippen LogP contribution is 2.11. The number of aliphatic carboxylic acids is 1. The molecule has 0 spiro atoms. The van der Waals surface area contributed by atoms with Gasteiger partial charge in [-0.05, 0) is 17.7 Å². The molecule has 0 aromatic carbocycles. The highest BCUT2D eigenvalue weighted by atomic mass is 16.4. The highest BCUT2D eigenvalue weighted by Gasteiger charge is 2.09. The van der Waals surface area contributed by atoms with Gasteiger partial charge in [0, 0.05) is 24.0 Å². The number of aromatic amines is 2. The second-order valence-electron chi connectivity index (χ2n) is 3.32. The fourth-order valence-corrected chi connectivity index (χ4v) is 1.48. The number of hydrogen-bond acceptors (Lipinski definition) is 2. The van der Waals surface area contributed by atoms with Crippen LogP contribution in [0.2, 0.25) is 0 Å². The molecular formula is C10H11N3O2. The number of carboxylic acids is 1. The third-order valence-corrected chi connectivity index (χ3v) is 2.18. The van der Waals surface area contributed by atoms with Crippen LogP contribution in [0.4, 0.5) is 0 Å². The molecule has 2 aromatic rings. The number of aromatic nitrogens is 3. The van der Waals surface area contributed by atoms with Crippen LogP contribution in [0.15, 0.2) is 24.5 Å². The van der Waals surface area contributed by atoms with Crippen molar-refractivity contribution in [2.45, 2.75) is 12.8 Å². The summed E-state index contributed by atoms with van der Waals surface area (Å²) in [6.07, 6.45) is 4.16. The summed E-state index contributed by atoms with van der Waals surface area (Å²) in [5.41, 5.74) is 2.62. The molecule has 0 fully saturated rings. The third kappa shape index (κ3) is 2.25. The molecule has 5 nitrogen and oxygen atoms in total. The molecule has 5 heteroatoms. The minimum Gasteiger partial charge on any atom is -0.481 e. The van der Waals surface area contributed by atoms with E-state index in [9.17, 15) is 4.79 Å². The van der Waals surface area contributed by atoms with Crippen LogP contribution in [-0.2, 0) is 17.6 Å². The van der Waals surface area contributed by atoms with Gasteiger partial charge in [0.15, 0.2) is 0 Å². The van der Waals surface area contributed by atoms with Gasteiger partial charge in [0.1, 0.15) is 0 Å². The van der Waals surface area contributed by atoms with Crippen molar-refractivity contribution in [2.75, 3.05) is 0 Å². The summed E-state index contributed by atoms with van der Waals surface area (Å²) in [5, 5.41) is 15.2. The number of carboxylic acid groups (broad SMARTS) is 1. The number of rotatable bonds is 4. The molecule has 0 bridgehead atoms. The SMILES string of the molecule is O=C(O)Cc1[nH]ncc1Cc1ccc[nH]1. The van der Waals surface area contributed by atoms with Gasteiger partial charge in [0.2, 0.25) is 0 Å². The smallest absolute Gasteiger partial charge is 0.309 e. The van der Waals surface area contributed by atoms with Crippen molar-refractivity contribution in [3.05, 3.63) is 41.5 Å². The second kappa shape index (κ2) is 4.00. The van der Waals surface area contributed by atoms with Crippen molar-refractivity contribution in [1.82, 2.24) is 15.2 Å². The Morgan fingerprint density at radius 1 is 1.53 bits per heavy atom. The van der Waals surface area contributed by atoms with E-state index in [0.717, 1.165) is 11.3 Å². The van der Waals surface area contributed by atoms with Crippen LogP contribution in [0, 0.1) is 0 Å². The molecule has 0 aliphatic rings. The molecule has 0 aliphatic heterocycles. The molecule has 0 radical (unpaired) electrons. The zero-order chi connectivity index (χ0) is 10.7. The molecular weight excluding hydrogens is 194 g/mol. The Balaban J connectivity index is 2.14. The number of nitrogens with zero attached hydrogens (tertiary/aromatic N) is 1. The molecule has 3 N–H and O–H groups in total. The fourth-order valence-electron chi connectivity index (χ4n) is 1.48. The maximum absolute atomic E-state index is 10.6. The second-order valence-corrected chi connectivity index (χ2v) is 3.32. The monoisotopic (exact) mass is 205 g/mol. The number of hydrogen-bond donors (Lipinski definition) is 3. The molecule has 15 heavy (non-hydrogen) atoms. The van der Waals surface area contributed by atoms with Gasteiger partial charge < -0.3 is 10.1 Å². The standard InChI is InChI=1S/C10H11N3O2/c14-10(15)5-9-7(6-12-13-9)4-8-2-1-3-11-8/h1-3,6,11H,4-5H2,(H,12,13)(H,14,15).